The predicted octanol–water partition coefficient (Wildman–Crippen LogP) is 5.21. The number of carbonyl (C=O) groups is 1. The highest BCUT2D eigenvalue weighted by Gasteiger charge is 2.34. The lowest BCUT2D eigenvalue weighted by Crippen LogP contribution is -2.30. The first-order chi connectivity index (χ1) is 9.90. The second kappa shape index (κ2) is 7.15. The Morgan fingerprint density at radius 3 is 1.81 bits per heavy atom. The van der Waals surface area contributed by atoms with Gasteiger partial charge in [-0.05, 0) is 80.5 Å². The van der Waals surface area contributed by atoms with E-state index >= 15 is 0 Å². The number of hydrogen-bond donors (Lipinski definition) is 0. The molecule has 0 bridgehead atoms. The third kappa shape index (κ3) is 4.72. The minimum Gasteiger partial charge on any atom is -0.469 e. The van der Waals surface area contributed by atoms with Crippen LogP contribution >= 0.6 is 0 Å². The minimum atomic E-state index is -0.0239. The zero-order chi connectivity index (χ0) is 15.5. The summed E-state index contributed by atoms with van der Waals surface area (Å²) in [5, 5.41) is 0. The van der Waals surface area contributed by atoms with E-state index in [-0.39, 0.29) is 5.97 Å². The van der Waals surface area contributed by atoms with E-state index in [9.17, 15) is 4.79 Å². The minimum absolute atomic E-state index is 0.0239. The van der Waals surface area contributed by atoms with Crippen molar-refractivity contribution in [3.05, 3.63) is 0 Å². The summed E-state index contributed by atoms with van der Waals surface area (Å²) in [4.78, 5) is 11.4. The fourth-order valence-electron chi connectivity index (χ4n) is 4.64. The van der Waals surface area contributed by atoms with E-state index in [0.29, 0.717) is 17.8 Å². The van der Waals surface area contributed by atoms with E-state index in [2.05, 4.69) is 20.8 Å². The first kappa shape index (κ1) is 16.8. The maximum Gasteiger partial charge on any atom is 0.305 e. The fraction of sp³-hybridized carbons (Fsp3) is 0.947. The van der Waals surface area contributed by atoms with Gasteiger partial charge in [0.15, 0.2) is 0 Å². The van der Waals surface area contributed by atoms with Gasteiger partial charge in [0, 0.05) is 6.42 Å². The molecule has 2 saturated carbocycles. The molecular weight excluding hydrogens is 260 g/mol. The Balaban J connectivity index is 1.73. The summed E-state index contributed by atoms with van der Waals surface area (Å²) in [6.45, 7) is 7.20. The van der Waals surface area contributed by atoms with Crippen LogP contribution in [0, 0.1) is 29.1 Å². The number of methoxy groups -OCH3 is 1. The number of carbonyl (C=O) groups excluding carboxylic acids is 1. The molecule has 2 fully saturated rings. The topological polar surface area (TPSA) is 26.3 Å². The Hall–Kier alpha value is -0.530. The largest absolute Gasteiger partial charge is 0.469 e. The van der Waals surface area contributed by atoms with E-state index in [0.717, 1.165) is 17.8 Å². The van der Waals surface area contributed by atoms with Crippen molar-refractivity contribution in [2.24, 2.45) is 29.1 Å². The van der Waals surface area contributed by atoms with E-state index in [1.54, 1.807) is 0 Å². The van der Waals surface area contributed by atoms with Crippen molar-refractivity contribution in [1.29, 1.82) is 0 Å². The van der Waals surface area contributed by atoms with E-state index < -0.39 is 0 Å². The van der Waals surface area contributed by atoms with Crippen LogP contribution in [0.2, 0.25) is 0 Å². The molecule has 2 aliphatic carbocycles. The molecule has 0 aliphatic heterocycles. The van der Waals surface area contributed by atoms with Crippen LogP contribution in [0.4, 0.5) is 0 Å². The van der Waals surface area contributed by atoms with Crippen molar-refractivity contribution in [2.75, 3.05) is 7.11 Å². The van der Waals surface area contributed by atoms with Crippen LogP contribution in [0.15, 0.2) is 0 Å². The van der Waals surface area contributed by atoms with Crippen molar-refractivity contribution >= 4 is 5.97 Å². The van der Waals surface area contributed by atoms with Gasteiger partial charge < -0.3 is 4.74 Å². The smallest absolute Gasteiger partial charge is 0.305 e. The molecule has 21 heavy (non-hydrogen) atoms. The molecule has 0 aromatic carbocycles. The summed E-state index contributed by atoms with van der Waals surface area (Å²) < 4.78 is 4.80. The third-order valence-corrected chi connectivity index (χ3v) is 6.24. The van der Waals surface area contributed by atoms with Crippen LogP contribution in [0.1, 0.15) is 78.6 Å². The second-order valence-corrected chi connectivity index (χ2v) is 8.54. The number of esters is 1. The van der Waals surface area contributed by atoms with Gasteiger partial charge in [-0.15, -0.1) is 0 Å². The molecule has 2 heteroatoms. The van der Waals surface area contributed by atoms with Gasteiger partial charge in [0.2, 0.25) is 0 Å². The SMILES string of the molecule is COC(=O)C[C@H]1CC[C@H](C2CCC(C(C)(C)C)CC2)CC1. The molecule has 0 saturated heterocycles. The quantitative estimate of drug-likeness (QED) is 0.668. The summed E-state index contributed by atoms with van der Waals surface area (Å²) in [6, 6.07) is 0. The number of hydrogen-bond acceptors (Lipinski definition) is 2. The standard InChI is InChI=1S/C19H34O2/c1-19(2,3)17-11-9-16(10-12-17)15-7-5-14(6-8-15)13-18(20)21-4/h14-17H,5-13H2,1-4H3/t14-,15-,16?,17?. The molecule has 0 radical (unpaired) electrons. The van der Waals surface area contributed by atoms with Crippen LogP contribution < -0.4 is 0 Å². The molecule has 0 spiro atoms. The van der Waals surface area contributed by atoms with E-state index in [1.165, 1.54) is 58.5 Å². The lowest BCUT2D eigenvalue weighted by Gasteiger charge is -2.41. The van der Waals surface area contributed by atoms with Crippen molar-refractivity contribution in [2.45, 2.75) is 78.6 Å². The summed E-state index contributed by atoms with van der Waals surface area (Å²) in [5.74, 6) is 3.37. The molecule has 122 valence electrons. The van der Waals surface area contributed by atoms with Crippen LogP contribution in [-0.4, -0.2) is 13.1 Å². The van der Waals surface area contributed by atoms with E-state index in [1.807, 2.05) is 0 Å². The van der Waals surface area contributed by atoms with Crippen LogP contribution in [-0.2, 0) is 9.53 Å². The van der Waals surface area contributed by atoms with Crippen molar-refractivity contribution < 1.29 is 9.53 Å². The Bertz CT molecular complexity index is 326. The second-order valence-electron chi connectivity index (χ2n) is 8.54. The van der Waals surface area contributed by atoms with Gasteiger partial charge in [0.25, 0.3) is 0 Å². The summed E-state index contributed by atoms with van der Waals surface area (Å²) >= 11 is 0. The van der Waals surface area contributed by atoms with Crippen molar-refractivity contribution in [3.63, 3.8) is 0 Å². The molecule has 0 amide bonds. The molecule has 2 aliphatic rings. The summed E-state index contributed by atoms with van der Waals surface area (Å²) in [6.07, 6.45) is 11.5. The maximum absolute atomic E-state index is 11.4. The highest BCUT2D eigenvalue weighted by molar-refractivity contribution is 5.69. The lowest BCUT2D eigenvalue weighted by molar-refractivity contribution is -0.142. The highest BCUT2D eigenvalue weighted by atomic mass is 16.5. The molecule has 0 unspecified atom stereocenters. The monoisotopic (exact) mass is 294 g/mol. The Morgan fingerprint density at radius 2 is 1.38 bits per heavy atom. The first-order valence-electron chi connectivity index (χ1n) is 8.97. The lowest BCUT2D eigenvalue weighted by atomic mass is 9.64. The number of rotatable bonds is 3. The molecule has 0 atom stereocenters. The average Bonchev–Trinajstić information content (AvgIpc) is 2.47. The van der Waals surface area contributed by atoms with Crippen LogP contribution in [0.3, 0.4) is 0 Å². The molecule has 0 aromatic rings. The third-order valence-electron chi connectivity index (χ3n) is 6.24. The molecule has 2 rings (SSSR count). The zero-order valence-electron chi connectivity index (χ0n) is 14.5. The van der Waals surface area contributed by atoms with Gasteiger partial charge in [-0.1, -0.05) is 20.8 Å². The average molecular weight is 294 g/mol. The highest BCUT2D eigenvalue weighted by Crippen LogP contribution is 2.45. The normalized spacial score (nSPS) is 34.5. The van der Waals surface area contributed by atoms with Gasteiger partial charge in [-0.3, -0.25) is 4.79 Å². The van der Waals surface area contributed by atoms with Crippen LogP contribution in [0.5, 0.6) is 0 Å². The molecule has 0 heterocycles. The van der Waals surface area contributed by atoms with Crippen LogP contribution in [0.25, 0.3) is 0 Å². The molecule has 0 N–H and O–H groups in total. The molecular formula is C19H34O2. The van der Waals surface area contributed by atoms with Crippen molar-refractivity contribution in [1.82, 2.24) is 0 Å². The van der Waals surface area contributed by atoms with Gasteiger partial charge in [0.05, 0.1) is 7.11 Å². The van der Waals surface area contributed by atoms with Gasteiger partial charge in [0.1, 0.15) is 0 Å². The zero-order valence-corrected chi connectivity index (χ0v) is 14.5. The molecule has 0 aromatic heterocycles. The number of ether oxygens (including phenoxy) is 1. The summed E-state index contributed by atoms with van der Waals surface area (Å²) in [5.41, 5.74) is 0.489. The Kier molecular flexibility index (Phi) is 5.73. The first-order valence-corrected chi connectivity index (χ1v) is 8.97. The van der Waals surface area contributed by atoms with Gasteiger partial charge in [-0.2, -0.15) is 0 Å². The van der Waals surface area contributed by atoms with Gasteiger partial charge in [-0.25, -0.2) is 0 Å². The van der Waals surface area contributed by atoms with Crippen molar-refractivity contribution in [3.8, 4) is 0 Å². The molecule has 2 nitrogen and oxygen atoms in total. The Morgan fingerprint density at radius 1 is 0.905 bits per heavy atom. The fourth-order valence-corrected chi connectivity index (χ4v) is 4.64. The predicted molar refractivity (Wildman–Crippen MR) is 87.0 cm³/mol. The van der Waals surface area contributed by atoms with E-state index in [4.69, 9.17) is 4.74 Å². The van der Waals surface area contributed by atoms with Gasteiger partial charge >= 0.3 is 5.97 Å². The Labute approximate surface area is 131 Å². The maximum atomic E-state index is 11.4. The summed E-state index contributed by atoms with van der Waals surface area (Å²) in [7, 11) is 1.50.